The fourth-order valence-electron chi connectivity index (χ4n) is 1.54. The van der Waals surface area contributed by atoms with E-state index in [0.29, 0.717) is 6.42 Å². The van der Waals surface area contributed by atoms with Crippen molar-refractivity contribution < 1.29 is 5.11 Å². The van der Waals surface area contributed by atoms with Crippen molar-refractivity contribution in [2.75, 3.05) is 6.61 Å². The number of aliphatic hydroxyl groups is 1. The lowest BCUT2D eigenvalue weighted by atomic mass is 10.2. The molecule has 0 bridgehead atoms. The number of pyridine rings is 1. The van der Waals surface area contributed by atoms with E-state index in [1.807, 2.05) is 23.7 Å². The monoisotopic (exact) mass is 281 g/mol. The van der Waals surface area contributed by atoms with E-state index in [2.05, 4.69) is 25.9 Å². The highest BCUT2D eigenvalue weighted by Crippen LogP contribution is 2.27. The molecule has 2 heterocycles. The molecule has 0 fully saturated rings. The molecule has 4 nitrogen and oxygen atoms in total. The van der Waals surface area contributed by atoms with Crippen LogP contribution in [0.4, 0.5) is 0 Å². The fourth-order valence-corrected chi connectivity index (χ4v) is 2.06. The lowest BCUT2D eigenvalue weighted by Gasteiger charge is -1.99. The summed E-state index contributed by atoms with van der Waals surface area (Å²) in [6.45, 7) is 0.104. The largest absolute Gasteiger partial charge is 0.396 e. The van der Waals surface area contributed by atoms with Gasteiger partial charge in [-0.15, -0.1) is 0 Å². The van der Waals surface area contributed by atoms with Crippen LogP contribution in [0.25, 0.3) is 11.3 Å². The molecule has 0 amide bonds. The molecule has 0 spiro atoms. The van der Waals surface area contributed by atoms with Crippen LogP contribution >= 0.6 is 15.9 Å². The van der Waals surface area contributed by atoms with Gasteiger partial charge in [-0.2, -0.15) is 0 Å². The number of aromatic nitrogens is 3. The molecule has 16 heavy (non-hydrogen) atoms. The van der Waals surface area contributed by atoms with Crippen molar-refractivity contribution in [3.63, 3.8) is 0 Å². The Kier molecular flexibility index (Phi) is 3.36. The molecule has 1 N–H and O–H groups in total. The maximum Gasteiger partial charge on any atom is 0.112 e. The molecule has 0 unspecified atom stereocenters. The Morgan fingerprint density at radius 2 is 2.06 bits per heavy atom. The summed E-state index contributed by atoms with van der Waals surface area (Å²) in [6.07, 6.45) is 4.03. The summed E-state index contributed by atoms with van der Waals surface area (Å²) in [7, 11) is 1.92. The van der Waals surface area contributed by atoms with Crippen molar-refractivity contribution in [1.82, 2.24) is 14.5 Å². The standard InChI is InChI=1S/C11H12BrN3O/c1-15-9(4-7-16)14-10(11(15)12)8-2-5-13-6-3-8/h2-3,5-6,16H,4,7H2,1H3. The maximum absolute atomic E-state index is 8.94. The number of nitrogens with zero attached hydrogens (tertiary/aromatic N) is 3. The molecule has 84 valence electrons. The number of imidazole rings is 1. The van der Waals surface area contributed by atoms with Crippen LogP contribution in [0, 0.1) is 0 Å². The molecule has 0 atom stereocenters. The first-order chi connectivity index (χ1) is 7.74. The van der Waals surface area contributed by atoms with Crippen LogP contribution in [-0.2, 0) is 13.5 Å². The van der Waals surface area contributed by atoms with Crippen LogP contribution in [0.3, 0.4) is 0 Å². The van der Waals surface area contributed by atoms with Gasteiger partial charge in [0, 0.05) is 31.4 Å². The Balaban J connectivity index is 2.46. The van der Waals surface area contributed by atoms with Crippen LogP contribution < -0.4 is 0 Å². The van der Waals surface area contributed by atoms with Gasteiger partial charge in [-0.05, 0) is 28.1 Å². The Labute approximate surface area is 102 Å². The molecule has 2 aromatic heterocycles. The smallest absolute Gasteiger partial charge is 0.112 e. The summed E-state index contributed by atoms with van der Waals surface area (Å²) in [6, 6.07) is 3.83. The number of hydrogen-bond acceptors (Lipinski definition) is 3. The van der Waals surface area contributed by atoms with E-state index in [-0.39, 0.29) is 6.61 Å². The molecule has 0 aliphatic heterocycles. The summed E-state index contributed by atoms with van der Waals surface area (Å²) < 4.78 is 2.86. The molecule has 0 saturated heterocycles. The van der Waals surface area contributed by atoms with Gasteiger partial charge in [0.1, 0.15) is 16.1 Å². The molecule has 2 rings (SSSR count). The molecule has 0 aliphatic carbocycles. The van der Waals surface area contributed by atoms with Crippen molar-refractivity contribution in [1.29, 1.82) is 0 Å². The van der Waals surface area contributed by atoms with E-state index in [1.165, 1.54) is 0 Å². The van der Waals surface area contributed by atoms with Crippen molar-refractivity contribution in [2.45, 2.75) is 6.42 Å². The molecule has 0 radical (unpaired) electrons. The van der Waals surface area contributed by atoms with Gasteiger partial charge in [-0.1, -0.05) is 0 Å². The SMILES string of the molecule is Cn1c(CCO)nc(-c2ccncc2)c1Br. The Morgan fingerprint density at radius 3 is 2.69 bits per heavy atom. The van der Waals surface area contributed by atoms with Crippen LogP contribution in [0.1, 0.15) is 5.82 Å². The first kappa shape index (κ1) is 11.3. The minimum atomic E-state index is 0.104. The lowest BCUT2D eigenvalue weighted by molar-refractivity contribution is 0.295. The third-order valence-electron chi connectivity index (χ3n) is 2.41. The van der Waals surface area contributed by atoms with Gasteiger partial charge in [-0.25, -0.2) is 4.98 Å². The minimum absolute atomic E-state index is 0.104. The third kappa shape index (κ3) is 2.01. The summed E-state index contributed by atoms with van der Waals surface area (Å²) in [5.74, 6) is 0.862. The summed E-state index contributed by atoms with van der Waals surface area (Å²) in [5, 5.41) is 8.94. The Hall–Kier alpha value is -1.20. The highest BCUT2D eigenvalue weighted by molar-refractivity contribution is 9.10. The molecular weight excluding hydrogens is 270 g/mol. The predicted molar refractivity (Wildman–Crippen MR) is 64.9 cm³/mol. The topological polar surface area (TPSA) is 50.9 Å². The quantitative estimate of drug-likeness (QED) is 0.933. The summed E-state index contributed by atoms with van der Waals surface area (Å²) in [5.41, 5.74) is 1.90. The van der Waals surface area contributed by atoms with Crippen LogP contribution in [0.2, 0.25) is 0 Å². The molecule has 0 saturated carbocycles. The number of aliphatic hydroxyl groups excluding tert-OH is 1. The van der Waals surface area contributed by atoms with Crippen molar-refractivity contribution in [3.8, 4) is 11.3 Å². The van der Waals surface area contributed by atoms with Gasteiger partial charge in [0.2, 0.25) is 0 Å². The van der Waals surface area contributed by atoms with Gasteiger partial charge in [0.15, 0.2) is 0 Å². The zero-order valence-corrected chi connectivity index (χ0v) is 10.5. The average Bonchev–Trinajstić information content (AvgIpc) is 2.59. The van der Waals surface area contributed by atoms with Gasteiger partial charge >= 0.3 is 0 Å². The van der Waals surface area contributed by atoms with Gasteiger partial charge in [0.25, 0.3) is 0 Å². The zero-order valence-electron chi connectivity index (χ0n) is 8.89. The zero-order chi connectivity index (χ0) is 11.5. The van der Waals surface area contributed by atoms with E-state index >= 15 is 0 Å². The van der Waals surface area contributed by atoms with E-state index in [4.69, 9.17) is 5.11 Å². The minimum Gasteiger partial charge on any atom is -0.396 e. The molecule has 0 aliphatic rings. The summed E-state index contributed by atoms with van der Waals surface area (Å²) >= 11 is 3.51. The molecule has 2 aromatic rings. The lowest BCUT2D eigenvalue weighted by Crippen LogP contribution is -2.00. The highest BCUT2D eigenvalue weighted by Gasteiger charge is 2.13. The first-order valence-corrected chi connectivity index (χ1v) is 5.75. The van der Waals surface area contributed by atoms with Gasteiger partial charge in [0.05, 0.1) is 6.61 Å². The Morgan fingerprint density at radius 1 is 1.38 bits per heavy atom. The van der Waals surface area contributed by atoms with Gasteiger partial charge < -0.3 is 9.67 Å². The van der Waals surface area contributed by atoms with Crippen molar-refractivity contribution in [3.05, 3.63) is 35.0 Å². The number of hydrogen-bond donors (Lipinski definition) is 1. The third-order valence-corrected chi connectivity index (χ3v) is 3.31. The highest BCUT2D eigenvalue weighted by atomic mass is 79.9. The van der Waals surface area contributed by atoms with Crippen LogP contribution in [0.15, 0.2) is 29.1 Å². The van der Waals surface area contributed by atoms with Crippen molar-refractivity contribution >= 4 is 15.9 Å². The molecular formula is C11H12BrN3O. The number of halogens is 1. The molecule has 5 heteroatoms. The van der Waals surface area contributed by atoms with Crippen molar-refractivity contribution in [2.24, 2.45) is 7.05 Å². The van der Waals surface area contributed by atoms with E-state index < -0.39 is 0 Å². The maximum atomic E-state index is 8.94. The van der Waals surface area contributed by atoms with Gasteiger partial charge in [-0.3, -0.25) is 4.98 Å². The fraction of sp³-hybridized carbons (Fsp3) is 0.273. The Bertz CT molecular complexity index is 481. The number of rotatable bonds is 3. The average molecular weight is 282 g/mol. The molecule has 0 aromatic carbocycles. The normalized spacial score (nSPS) is 10.7. The van der Waals surface area contributed by atoms with E-state index in [9.17, 15) is 0 Å². The van der Waals surface area contributed by atoms with E-state index in [1.54, 1.807) is 12.4 Å². The first-order valence-electron chi connectivity index (χ1n) is 4.96. The van der Waals surface area contributed by atoms with Crippen LogP contribution in [0.5, 0.6) is 0 Å². The summed E-state index contributed by atoms with van der Waals surface area (Å²) in [4.78, 5) is 8.47. The van der Waals surface area contributed by atoms with E-state index in [0.717, 1.165) is 21.7 Å². The predicted octanol–water partition coefficient (Wildman–Crippen LogP) is 1.78. The second kappa shape index (κ2) is 4.76. The van der Waals surface area contributed by atoms with Crippen LogP contribution in [-0.4, -0.2) is 26.2 Å². The second-order valence-corrected chi connectivity index (χ2v) is 4.19. The second-order valence-electron chi connectivity index (χ2n) is 3.44.